The van der Waals surface area contributed by atoms with E-state index >= 15 is 0 Å². The van der Waals surface area contributed by atoms with Gasteiger partial charge in [0.1, 0.15) is 12.4 Å². The summed E-state index contributed by atoms with van der Waals surface area (Å²) < 4.78 is 6.80. The Kier molecular flexibility index (Phi) is 4.39. The number of benzene rings is 1. The number of aromatic nitrogens is 1. The van der Waals surface area contributed by atoms with Crippen LogP contribution >= 0.6 is 11.3 Å². The molecule has 2 rings (SSSR count). The molecule has 0 aliphatic rings. The minimum absolute atomic E-state index is 0.0103. The van der Waals surface area contributed by atoms with E-state index in [2.05, 4.69) is 11.8 Å². The molecule has 19 heavy (non-hydrogen) atoms. The van der Waals surface area contributed by atoms with Gasteiger partial charge >= 0.3 is 4.87 Å². The van der Waals surface area contributed by atoms with E-state index in [0.29, 0.717) is 12.3 Å². The molecule has 1 aromatic carbocycles. The van der Waals surface area contributed by atoms with Crippen molar-refractivity contribution in [3.8, 4) is 17.6 Å². The molecule has 1 heterocycles. The molecule has 0 bridgehead atoms. The predicted octanol–water partition coefficient (Wildman–Crippen LogP) is 1.31. The van der Waals surface area contributed by atoms with Gasteiger partial charge in [-0.3, -0.25) is 4.79 Å². The highest BCUT2D eigenvalue weighted by Gasteiger charge is 2.05. The van der Waals surface area contributed by atoms with Crippen LogP contribution in [0.5, 0.6) is 5.75 Å². The summed E-state index contributed by atoms with van der Waals surface area (Å²) in [7, 11) is 1.59. The van der Waals surface area contributed by atoms with Crippen LogP contribution in [0, 0.1) is 11.8 Å². The van der Waals surface area contributed by atoms with Crippen molar-refractivity contribution in [3.05, 3.63) is 50.6 Å². The molecule has 4 nitrogen and oxygen atoms in total. The molecule has 0 atom stereocenters. The van der Waals surface area contributed by atoms with Crippen molar-refractivity contribution in [3.63, 3.8) is 0 Å². The van der Waals surface area contributed by atoms with E-state index in [1.54, 1.807) is 29.3 Å². The zero-order valence-electron chi connectivity index (χ0n) is 10.4. The molecule has 1 aromatic heterocycles. The molecular formula is C14H13NO3S. The van der Waals surface area contributed by atoms with E-state index in [1.807, 2.05) is 12.1 Å². The van der Waals surface area contributed by atoms with Gasteiger partial charge in [0.2, 0.25) is 0 Å². The topological polar surface area (TPSA) is 51.5 Å². The average molecular weight is 275 g/mol. The lowest BCUT2D eigenvalue weighted by Gasteiger charge is -2.08. The van der Waals surface area contributed by atoms with Crippen molar-refractivity contribution in [2.45, 2.75) is 6.54 Å². The monoisotopic (exact) mass is 275 g/mol. The highest BCUT2D eigenvalue weighted by Crippen LogP contribution is 2.18. The molecule has 0 aliphatic carbocycles. The van der Waals surface area contributed by atoms with Crippen LogP contribution in [-0.2, 0) is 6.54 Å². The first-order valence-corrected chi connectivity index (χ1v) is 6.53. The van der Waals surface area contributed by atoms with Crippen LogP contribution in [0.4, 0.5) is 0 Å². The van der Waals surface area contributed by atoms with Crippen molar-refractivity contribution in [1.29, 1.82) is 0 Å². The lowest BCUT2D eigenvalue weighted by atomic mass is 10.1. The molecule has 0 amide bonds. The second kappa shape index (κ2) is 6.23. The van der Waals surface area contributed by atoms with Gasteiger partial charge in [-0.15, -0.1) is 0 Å². The zero-order chi connectivity index (χ0) is 13.7. The van der Waals surface area contributed by atoms with Crippen LogP contribution in [-0.4, -0.2) is 23.4 Å². The fraction of sp³-hybridized carbons (Fsp3) is 0.214. The number of rotatable bonds is 3. The highest BCUT2D eigenvalue weighted by molar-refractivity contribution is 7.07. The van der Waals surface area contributed by atoms with Gasteiger partial charge in [0.15, 0.2) is 0 Å². The van der Waals surface area contributed by atoms with Gasteiger partial charge in [-0.25, -0.2) is 0 Å². The van der Waals surface area contributed by atoms with Gasteiger partial charge in [0, 0.05) is 17.1 Å². The number of methoxy groups -OCH3 is 1. The summed E-state index contributed by atoms with van der Waals surface area (Å²) in [6, 6.07) is 5.49. The number of aliphatic hydroxyl groups excluding tert-OH is 1. The first-order chi connectivity index (χ1) is 9.24. The van der Waals surface area contributed by atoms with E-state index in [0.717, 1.165) is 22.5 Å². The maximum atomic E-state index is 11.6. The van der Waals surface area contributed by atoms with Gasteiger partial charge in [-0.05, 0) is 23.8 Å². The second-order valence-corrected chi connectivity index (χ2v) is 4.64. The summed E-state index contributed by atoms with van der Waals surface area (Å²) in [4.78, 5) is 11.6. The lowest BCUT2D eigenvalue weighted by molar-refractivity contribution is 0.350. The minimum atomic E-state index is -0.191. The number of hydrogen-bond acceptors (Lipinski definition) is 4. The van der Waals surface area contributed by atoms with Crippen LogP contribution in [0.15, 0.2) is 34.6 Å². The van der Waals surface area contributed by atoms with Gasteiger partial charge in [0.25, 0.3) is 0 Å². The Morgan fingerprint density at radius 1 is 1.47 bits per heavy atom. The lowest BCUT2D eigenvalue weighted by Crippen LogP contribution is -2.13. The molecule has 1 N–H and O–H groups in total. The molecule has 0 unspecified atom stereocenters. The summed E-state index contributed by atoms with van der Waals surface area (Å²) in [6.07, 6.45) is 1.75. The highest BCUT2D eigenvalue weighted by atomic mass is 32.1. The first-order valence-electron chi connectivity index (χ1n) is 5.65. The SMILES string of the molecule is COc1ccc(C#CCO)c(Cn2ccsc2=O)c1. The molecule has 0 saturated carbocycles. The summed E-state index contributed by atoms with van der Waals surface area (Å²) in [5, 5.41) is 10.5. The molecule has 0 fully saturated rings. The van der Waals surface area contributed by atoms with Gasteiger partial charge in [-0.1, -0.05) is 23.2 Å². The molecule has 0 saturated heterocycles. The molecule has 98 valence electrons. The third kappa shape index (κ3) is 3.25. The second-order valence-electron chi connectivity index (χ2n) is 3.78. The molecular weight excluding hydrogens is 262 g/mol. The number of hydrogen-bond donors (Lipinski definition) is 1. The van der Waals surface area contributed by atoms with Crippen LogP contribution in [0.25, 0.3) is 0 Å². The van der Waals surface area contributed by atoms with Crippen LogP contribution in [0.2, 0.25) is 0 Å². The molecule has 2 aromatic rings. The van der Waals surface area contributed by atoms with Crippen molar-refractivity contribution in [2.24, 2.45) is 0 Å². The van der Waals surface area contributed by atoms with Crippen LogP contribution < -0.4 is 9.61 Å². The third-order valence-electron chi connectivity index (χ3n) is 2.60. The first kappa shape index (κ1) is 13.4. The predicted molar refractivity (Wildman–Crippen MR) is 74.6 cm³/mol. The van der Waals surface area contributed by atoms with Crippen LogP contribution in [0.3, 0.4) is 0 Å². The van der Waals surface area contributed by atoms with Gasteiger partial charge in [0.05, 0.1) is 13.7 Å². The van der Waals surface area contributed by atoms with Crippen molar-refractivity contribution in [2.75, 3.05) is 13.7 Å². The van der Waals surface area contributed by atoms with E-state index < -0.39 is 0 Å². The number of thiazole rings is 1. The molecule has 0 spiro atoms. The third-order valence-corrected chi connectivity index (χ3v) is 3.29. The fourth-order valence-electron chi connectivity index (χ4n) is 1.68. The van der Waals surface area contributed by atoms with Crippen molar-refractivity contribution >= 4 is 11.3 Å². The standard InChI is InChI=1S/C14H13NO3S/c1-18-13-5-4-11(3-2-7-16)12(9-13)10-15-6-8-19-14(15)17/h4-6,8-9,16H,7,10H2,1H3. The summed E-state index contributed by atoms with van der Waals surface area (Å²) in [5.74, 6) is 6.21. The van der Waals surface area contributed by atoms with Crippen LogP contribution in [0.1, 0.15) is 11.1 Å². The maximum Gasteiger partial charge on any atom is 0.307 e. The summed E-state index contributed by atoms with van der Waals surface area (Å²) in [6.45, 7) is 0.249. The van der Waals surface area contributed by atoms with Gasteiger partial charge < -0.3 is 14.4 Å². The van der Waals surface area contributed by atoms with Crippen molar-refractivity contribution in [1.82, 2.24) is 4.57 Å². The van der Waals surface area contributed by atoms with Crippen molar-refractivity contribution < 1.29 is 9.84 Å². The maximum absolute atomic E-state index is 11.6. The largest absolute Gasteiger partial charge is 0.497 e. The number of aliphatic hydroxyl groups is 1. The molecule has 5 heteroatoms. The molecule has 0 aliphatic heterocycles. The fourth-order valence-corrected chi connectivity index (χ4v) is 2.26. The Balaban J connectivity index is 2.40. The zero-order valence-corrected chi connectivity index (χ0v) is 11.2. The van der Waals surface area contributed by atoms with E-state index in [-0.39, 0.29) is 11.5 Å². The Hall–Kier alpha value is -2.03. The van der Waals surface area contributed by atoms with E-state index in [4.69, 9.17) is 9.84 Å². The Bertz CT molecular complexity index is 676. The van der Waals surface area contributed by atoms with E-state index in [1.165, 1.54) is 0 Å². The number of ether oxygens (including phenoxy) is 1. The Morgan fingerprint density at radius 2 is 2.32 bits per heavy atom. The summed E-state index contributed by atoms with van der Waals surface area (Å²) >= 11 is 1.16. The van der Waals surface area contributed by atoms with E-state index in [9.17, 15) is 4.79 Å². The normalized spacial score (nSPS) is 9.79. The Labute approximate surface area is 114 Å². The quantitative estimate of drug-likeness (QED) is 0.859. The number of nitrogens with zero attached hydrogens (tertiary/aromatic N) is 1. The minimum Gasteiger partial charge on any atom is -0.497 e. The smallest absolute Gasteiger partial charge is 0.307 e. The average Bonchev–Trinajstić information content (AvgIpc) is 2.83. The summed E-state index contributed by atoms with van der Waals surface area (Å²) in [5.41, 5.74) is 1.67. The van der Waals surface area contributed by atoms with Gasteiger partial charge in [-0.2, -0.15) is 0 Å². The Morgan fingerprint density at radius 3 is 2.95 bits per heavy atom. The molecule has 0 radical (unpaired) electrons.